The van der Waals surface area contributed by atoms with Crippen LogP contribution in [0.25, 0.3) is 5.57 Å². The highest BCUT2D eigenvalue weighted by atomic mass is 16.5. The van der Waals surface area contributed by atoms with Crippen molar-refractivity contribution in [1.82, 2.24) is 0 Å². The number of nitrogens with zero attached hydrogens (tertiary/aromatic N) is 2. The van der Waals surface area contributed by atoms with E-state index in [0.29, 0.717) is 6.61 Å². The van der Waals surface area contributed by atoms with Gasteiger partial charge in [-0.15, -0.1) is 0 Å². The topological polar surface area (TPSA) is 51.2 Å². The fourth-order valence-electron chi connectivity index (χ4n) is 4.21. The van der Waals surface area contributed by atoms with Crippen molar-refractivity contribution in [3.05, 3.63) is 82.8 Å². The molecule has 1 heterocycles. The Bertz CT molecular complexity index is 1120. The van der Waals surface area contributed by atoms with Crippen LogP contribution < -0.4 is 14.5 Å². The van der Waals surface area contributed by atoms with E-state index in [2.05, 4.69) is 59.2 Å². The third kappa shape index (κ3) is 4.33. The fourth-order valence-corrected chi connectivity index (χ4v) is 4.21. The Labute approximate surface area is 195 Å². The summed E-state index contributed by atoms with van der Waals surface area (Å²) in [5.74, 6) is 1.09. The van der Waals surface area contributed by atoms with Crippen LogP contribution in [0, 0.1) is 0 Å². The first-order valence-electron chi connectivity index (χ1n) is 11.1. The summed E-state index contributed by atoms with van der Waals surface area (Å²) in [6.45, 7) is 4.61. The molecule has 0 amide bonds. The van der Waals surface area contributed by atoms with Gasteiger partial charge in [0.05, 0.1) is 26.5 Å². The van der Waals surface area contributed by atoms with Gasteiger partial charge in [0.15, 0.2) is 11.5 Å². The van der Waals surface area contributed by atoms with Gasteiger partial charge in [-0.3, -0.25) is 4.79 Å². The normalized spacial score (nSPS) is 15.2. The molecule has 0 saturated heterocycles. The number of ether oxygens (including phenoxy) is 3. The lowest BCUT2D eigenvalue weighted by atomic mass is 9.89. The van der Waals surface area contributed by atoms with Crippen LogP contribution in [0.2, 0.25) is 0 Å². The molecule has 33 heavy (non-hydrogen) atoms. The Morgan fingerprint density at radius 2 is 1.64 bits per heavy atom. The van der Waals surface area contributed by atoms with Gasteiger partial charge in [0.25, 0.3) is 5.78 Å². The molecule has 0 saturated carbocycles. The van der Waals surface area contributed by atoms with Crippen molar-refractivity contribution in [3.63, 3.8) is 0 Å². The van der Waals surface area contributed by atoms with E-state index >= 15 is 0 Å². The number of hydrogen-bond acceptors (Lipinski definition) is 6. The molecule has 6 heteroatoms. The van der Waals surface area contributed by atoms with Gasteiger partial charge >= 0.3 is 0 Å². The smallest absolute Gasteiger partial charge is 0.261 e. The SMILES string of the molecule is CCN1CCOc2cc(C(=C3C=C(OC)C(=O)C(OC)=C3)c3ccc(N(C)C)cc3)ccc21. The summed E-state index contributed by atoms with van der Waals surface area (Å²) in [5.41, 5.74) is 6.02. The molecule has 0 N–H and O–H groups in total. The first-order valence-corrected chi connectivity index (χ1v) is 11.1. The number of ketones is 1. The van der Waals surface area contributed by atoms with E-state index < -0.39 is 0 Å². The molecule has 0 radical (unpaired) electrons. The molecule has 2 aliphatic rings. The van der Waals surface area contributed by atoms with E-state index in [1.807, 2.05) is 14.1 Å². The zero-order valence-corrected chi connectivity index (χ0v) is 19.8. The van der Waals surface area contributed by atoms with Gasteiger partial charge in [-0.05, 0) is 65.6 Å². The number of likely N-dealkylation sites (N-methyl/N-ethyl adjacent to an activating group) is 1. The van der Waals surface area contributed by atoms with E-state index in [1.165, 1.54) is 14.2 Å². The fraction of sp³-hybridized carbons (Fsp3) is 0.296. The van der Waals surface area contributed by atoms with Gasteiger partial charge in [-0.1, -0.05) is 18.2 Å². The predicted octanol–water partition coefficient (Wildman–Crippen LogP) is 4.42. The highest BCUT2D eigenvalue weighted by Gasteiger charge is 2.25. The summed E-state index contributed by atoms with van der Waals surface area (Å²) in [6, 6.07) is 14.6. The summed E-state index contributed by atoms with van der Waals surface area (Å²) in [5, 5.41) is 0. The number of rotatable bonds is 6. The highest BCUT2D eigenvalue weighted by molar-refractivity contribution is 6.08. The van der Waals surface area contributed by atoms with Crippen LogP contribution in [0.5, 0.6) is 5.75 Å². The number of carbonyl (C=O) groups excluding carboxylic acids is 1. The highest BCUT2D eigenvalue weighted by Crippen LogP contribution is 2.38. The van der Waals surface area contributed by atoms with Crippen molar-refractivity contribution in [1.29, 1.82) is 0 Å². The monoisotopic (exact) mass is 446 g/mol. The number of hydrogen-bond donors (Lipinski definition) is 0. The predicted molar refractivity (Wildman–Crippen MR) is 132 cm³/mol. The zero-order chi connectivity index (χ0) is 23.5. The van der Waals surface area contributed by atoms with Gasteiger partial charge in [0.2, 0.25) is 0 Å². The molecule has 0 unspecified atom stereocenters. The van der Waals surface area contributed by atoms with Crippen molar-refractivity contribution < 1.29 is 19.0 Å². The van der Waals surface area contributed by atoms with Crippen molar-refractivity contribution in [2.24, 2.45) is 0 Å². The van der Waals surface area contributed by atoms with E-state index in [-0.39, 0.29) is 17.3 Å². The number of benzene rings is 2. The summed E-state index contributed by atoms with van der Waals surface area (Å²) >= 11 is 0. The summed E-state index contributed by atoms with van der Waals surface area (Å²) in [4.78, 5) is 16.9. The summed E-state index contributed by atoms with van der Waals surface area (Å²) in [7, 11) is 7.03. The Morgan fingerprint density at radius 3 is 2.21 bits per heavy atom. The Balaban J connectivity index is 1.93. The van der Waals surface area contributed by atoms with Crippen LogP contribution in [-0.4, -0.2) is 53.8 Å². The number of Topliss-reactive ketones (excluding diaryl/α,β-unsaturated/α-hetero) is 1. The van der Waals surface area contributed by atoms with E-state index in [9.17, 15) is 4.79 Å². The number of allylic oxidation sites excluding steroid dienone is 3. The second kappa shape index (κ2) is 9.45. The van der Waals surface area contributed by atoms with E-state index in [1.54, 1.807) is 12.2 Å². The van der Waals surface area contributed by atoms with Gasteiger partial charge in [-0.2, -0.15) is 0 Å². The maximum Gasteiger partial charge on any atom is 0.261 e. The molecule has 0 bridgehead atoms. The maximum absolute atomic E-state index is 12.6. The molecule has 1 aliphatic heterocycles. The van der Waals surface area contributed by atoms with Crippen molar-refractivity contribution >= 4 is 22.7 Å². The molecule has 0 fully saturated rings. The third-order valence-corrected chi connectivity index (χ3v) is 6.01. The molecule has 0 aromatic heterocycles. The zero-order valence-electron chi connectivity index (χ0n) is 19.8. The van der Waals surface area contributed by atoms with Crippen LogP contribution in [0.15, 0.2) is 71.7 Å². The lowest BCUT2D eigenvalue weighted by Crippen LogP contribution is -2.32. The van der Waals surface area contributed by atoms with Crippen LogP contribution in [0.1, 0.15) is 18.1 Å². The minimum atomic E-state index is -0.265. The minimum Gasteiger partial charge on any atom is -0.492 e. The molecule has 0 atom stereocenters. The molecule has 0 spiro atoms. The van der Waals surface area contributed by atoms with Crippen molar-refractivity contribution in [2.45, 2.75) is 6.92 Å². The van der Waals surface area contributed by atoms with E-state index in [0.717, 1.165) is 52.5 Å². The molecule has 4 rings (SSSR count). The Kier molecular flexibility index (Phi) is 6.45. The number of fused-ring (bicyclic) bond motifs is 1. The van der Waals surface area contributed by atoms with Crippen molar-refractivity contribution in [2.75, 3.05) is 57.8 Å². The van der Waals surface area contributed by atoms with Crippen LogP contribution in [0.3, 0.4) is 0 Å². The van der Waals surface area contributed by atoms with Gasteiger partial charge in [0, 0.05) is 26.3 Å². The lowest BCUT2D eigenvalue weighted by Gasteiger charge is -2.30. The van der Waals surface area contributed by atoms with Crippen LogP contribution in [-0.2, 0) is 14.3 Å². The van der Waals surface area contributed by atoms with E-state index in [4.69, 9.17) is 14.2 Å². The van der Waals surface area contributed by atoms with Gasteiger partial charge < -0.3 is 24.0 Å². The second-order valence-corrected chi connectivity index (χ2v) is 8.14. The molecule has 2 aromatic carbocycles. The van der Waals surface area contributed by atoms with Crippen LogP contribution >= 0.6 is 0 Å². The quantitative estimate of drug-likeness (QED) is 0.655. The summed E-state index contributed by atoms with van der Waals surface area (Å²) < 4.78 is 16.8. The average Bonchev–Trinajstić information content (AvgIpc) is 2.84. The molecule has 6 nitrogen and oxygen atoms in total. The molecule has 172 valence electrons. The van der Waals surface area contributed by atoms with Crippen LogP contribution in [0.4, 0.5) is 11.4 Å². The Hall–Kier alpha value is -3.67. The standard InChI is InChI=1S/C27H30N2O4/c1-6-29-13-14-33-23-15-19(9-12-22(23)29)26(18-7-10-21(11-8-18)28(2)3)20-16-24(31-4)27(30)25(17-20)32-5/h7-12,15-17H,6,13-14H2,1-5H3. The first-order chi connectivity index (χ1) is 16.0. The average molecular weight is 447 g/mol. The largest absolute Gasteiger partial charge is 0.492 e. The third-order valence-electron chi connectivity index (χ3n) is 6.01. The number of methoxy groups -OCH3 is 2. The molecule has 2 aromatic rings. The first kappa shape index (κ1) is 22.5. The molecule has 1 aliphatic carbocycles. The number of carbonyl (C=O) groups is 1. The molecular formula is C27H30N2O4. The lowest BCUT2D eigenvalue weighted by molar-refractivity contribution is -0.117. The molecular weight excluding hydrogens is 416 g/mol. The van der Waals surface area contributed by atoms with Gasteiger partial charge in [-0.25, -0.2) is 0 Å². The summed E-state index contributed by atoms with van der Waals surface area (Å²) in [6.07, 6.45) is 3.55. The second-order valence-electron chi connectivity index (χ2n) is 8.14. The number of anilines is 2. The maximum atomic E-state index is 12.6. The minimum absolute atomic E-state index is 0.248. The van der Waals surface area contributed by atoms with Gasteiger partial charge in [0.1, 0.15) is 12.4 Å². The Morgan fingerprint density at radius 1 is 1.00 bits per heavy atom. The van der Waals surface area contributed by atoms with Crippen molar-refractivity contribution in [3.8, 4) is 5.75 Å².